The summed E-state index contributed by atoms with van der Waals surface area (Å²) in [5.74, 6) is 0.454. The number of halogens is 3. The predicted octanol–water partition coefficient (Wildman–Crippen LogP) is 5.26. The molecule has 39 heavy (non-hydrogen) atoms. The third-order valence-corrected chi connectivity index (χ3v) is 7.13. The number of nitrogens with zero attached hydrogens (tertiary/aromatic N) is 3. The molecule has 0 bridgehead atoms. The van der Waals surface area contributed by atoms with Gasteiger partial charge in [-0.3, -0.25) is 9.36 Å². The lowest BCUT2D eigenvalue weighted by atomic mass is 10.1. The number of primary amides is 1. The van der Waals surface area contributed by atoms with Crippen molar-refractivity contribution >= 4 is 28.3 Å². The Hall–Kier alpha value is -3.61. The summed E-state index contributed by atoms with van der Waals surface area (Å²) in [5.41, 5.74) is 6.72. The lowest BCUT2D eigenvalue weighted by Crippen LogP contribution is -2.15. The van der Waals surface area contributed by atoms with Crippen LogP contribution in [0, 0.1) is 0 Å². The molecule has 0 saturated carbocycles. The van der Waals surface area contributed by atoms with E-state index < -0.39 is 17.6 Å². The van der Waals surface area contributed by atoms with Gasteiger partial charge in [0.25, 0.3) is 5.91 Å². The van der Waals surface area contributed by atoms with E-state index in [2.05, 4.69) is 9.88 Å². The Labute approximate surface area is 227 Å². The van der Waals surface area contributed by atoms with Crippen LogP contribution in [0.2, 0.25) is 0 Å². The van der Waals surface area contributed by atoms with Gasteiger partial charge >= 0.3 is 6.18 Å². The average Bonchev–Trinajstić information content (AvgIpc) is 3.49. The van der Waals surface area contributed by atoms with Crippen LogP contribution in [0.3, 0.4) is 0 Å². The summed E-state index contributed by atoms with van der Waals surface area (Å²) in [5, 5.41) is 0.643. The summed E-state index contributed by atoms with van der Waals surface area (Å²) in [4.78, 5) is 19.0. The van der Waals surface area contributed by atoms with E-state index in [-0.39, 0.29) is 23.7 Å². The average molecular weight is 563 g/mol. The number of aromatic nitrogens is 2. The van der Waals surface area contributed by atoms with Crippen molar-refractivity contribution < 1.29 is 32.2 Å². The lowest BCUT2D eigenvalue weighted by Gasteiger charge is -2.13. The molecule has 0 atom stereocenters. The summed E-state index contributed by atoms with van der Waals surface area (Å²) in [6, 6.07) is 10.5. The number of imidazole rings is 1. The molecule has 2 N–H and O–H groups in total. The molecule has 4 rings (SSSR count). The number of ether oxygens (including phenoxy) is 3. The molecule has 0 aliphatic rings. The highest BCUT2D eigenvalue weighted by molar-refractivity contribution is 7.16. The SMILES string of the molecule is COc1cc2ncn(-c3cc(COCc4ccccc4C(F)(F)F)c(C(N)=O)s3)c2cc1OCCCN(C)C. The molecule has 0 unspecified atom stereocenters. The Morgan fingerprint density at radius 3 is 2.54 bits per heavy atom. The van der Waals surface area contributed by atoms with Crippen molar-refractivity contribution in [2.24, 2.45) is 5.73 Å². The number of nitrogens with two attached hydrogens (primary N) is 1. The monoisotopic (exact) mass is 562 g/mol. The maximum Gasteiger partial charge on any atom is 0.416 e. The Morgan fingerprint density at radius 1 is 1.10 bits per heavy atom. The second-order valence-corrected chi connectivity index (χ2v) is 10.1. The van der Waals surface area contributed by atoms with Crippen LogP contribution in [-0.4, -0.2) is 54.7 Å². The van der Waals surface area contributed by atoms with Crippen LogP contribution in [0.25, 0.3) is 16.0 Å². The third kappa shape index (κ3) is 6.70. The normalized spacial score (nSPS) is 11.9. The molecule has 0 radical (unpaired) electrons. The quantitative estimate of drug-likeness (QED) is 0.237. The third-order valence-electron chi connectivity index (χ3n) is 5.93. The predicted molar refractivity (Wildman–Crippen MR) is 143 cm³/mol. The highest BCUT2D eigenvalue weighted by atomic mass is 32.1. The Balaban J connectivity index is 1.58. The van der Waals surface area contributed by atoms with Crippen LogP contribution in [0.5, 0.6) is 11.5 Å². The summed E-state index contributed by atoms with van der Waals surface area (Å²) >= 11 is 1.15. The fourth-order valence-electron chi connectivity index (χ4n) is 4.07. The van der Waals surface area contributed by atoms with E-state index in [4.69, 9.17) is 19.9 Å². The molecule has 4 aromatic rings. The highest BCUT2D eigenvalue weighted by Crippen LogP contribution is 2.36. The van der Waals surface area contributed by atoms with Gasteiger partial charge in [-0.1, -0.05) is 18.2 Å². The summed E-state index contributed by atoms with van der Waals surface area (Å²) < 4.78 is 58.8. The van der Waals surface area contributed by atoms with Gasteiger partial charge in [-0.15, -0.1) is 11.3 Å². The Morgan fingerprint density at radius 2 is 1.85 bits per heavy atom. The smallest absolute Gasteiger partial charge is 0.416 e. The fourth-order valence-corrected chi connectivity index (χ4v) is 5.07. The Bertz CT molecular complexity index is 1450. The molecule has 8 nitrogen and oxygen atoms in total. The van der Waals surface area contributed by atoms with Crippen LogP contribution in [0.15, 0.2) is 48.8 Å². The molecular weight excluding hydrogens is 533 g/mol. The molecule has 2 heterocycles. The van der Waals surface area contributed by atoms with Crippen LogP contribution >= 0.6 is 11.3 Å². The summed E-state index contributed by atoms with van der Waals surface area (Å²) in [6.45, 7) is 1.00. The van der Waals surface area contributed by atoms with E-state index >= 15 is 0 Å². The number of amides is 1. The molecule has 2 aromatic carbocycles. The summed E-state index contributed by atoms with van der Waals surface area (Å²) in [7, 11) is 5.54. The molecule has 0 spiro atoms. The number of hydrogen-bond acceptors (Lipinski definition) is 7. The summed E-state index contributed by atoms with van der Waals surface area (Å²) in [6.07, 6.45) is -2.05. The number of benzene rings is 2. The van der Waals surface area contributed by atoms with E-state index in [0.29, 0.717) is 34.2 Å². The fraction of sp³-hybridized carbons (Fsp3) is 0.333. The molecule has 0 saturated heterocycles. The van der Waals surface area contributed by atoms with Crippen molar-refractivity contribution in [3.05, 3.63) is 70.4 Å². The van der Waals surface area contributed by atoms with Gasteiger partial charge in [-0.05, 0) is 38.2 Å². The number of methoxy groups -OCH3 is 1. The first kappa shape index (κ1) is 28.4. The second kappa shape index (κ2) is 12.1. The van der Waals surface area contributed by atoms with Gasteiger partial charge in [0.2, 0.25) is 0 Å². The van der Waals surface area contributed by atoms with E-state index in [1.54, 1.807) is 30.1 Å². The Kier molecular flexibility index (Phi) is 8.78. The number of thiophene rings is 1. The largest absolute Gasteiger partial charge is 0.493 e. The standard InChI is InChI=1S/C27H29F3N4O4S/c1-33(2)9-6-10-38-23-13-21-20(12-22(23)36-3)32-16-34(21)24-11-18(25(39-24)26(31)35)15-37-14-17-7-4-5-8-19(17)27(28,29)30/h4-5,7-8,11-13,16H,6,9-10,14-15H2,1-3H3,(H2,31,35). The van der Waals surface area contributed by atoms with E-state index in [0.717, 1.165) is 35.9 Å². The number of alkyl halides is 3. The topological polar surface area (TPSA) is 91.8 Å². The molecule has 0 aliphatic carbocycles. The first-order chi connectivity index (χ1) is 18.6. The first-order valence-corrected chi connectivity index (χ1v) is 12.9. The molecule has 0 aliphatic heterocycles. The van der Waals surface area contributed by atoms with Gasteiger partial charge in [0, 0.05) is 24.2 Å². The number of rotatable bonds is 12. The molecular formula is C27H29F3N4O4S. The van der Waals surface area contributed by atoms with Crippen LogP contribution in [-0.2, 0) is 24.1 Å². The van der Waals surface area contributed by atoms with Crippen LogP contribution in [0.4, 0.5) is 13.2 Å². The van der Waals surface area contributed by atoms with Crippen molar-refractivity contribution in [1.29, 1.82) is 0 Å². The minimum atomic E-state index is -4.49. The van der Waals surface area contributed by atoms with Crippen molar-refractivity contribution in [2.75, 3.05) is 34.4 Å². The first-order valence-electron chi connectivity index (χ1n) is 12.1. The maximum atomic E-state index is 13.3. The molecule has 12 heteroatoms. The second-order valence-electron chi connectivity index (χ2n) is 9.06. The molecule has 2 aromatic heterocycles. The van der Waals surface area contributed by atoms with Crippen LogP contribution < -0.4 is 15.2 Å². The minimum Gasteiger partial charge on any atom is -0.493 e. The van der Waals surface area contributed by atoms with Crippen molar-refractivity contribution in [1.82, 2.24) is 14.5 Å². The van der Waals surface area contributed by atoms with E-state index in [9.17, 15) is 18.0 Å². The van der Waals surface area contributed by atoms with Gasteiger partial charge in [0.05, 0.1) is 48.4 Å². The molecule has 1 amide bonds. The van der Waals surface area contributed by atoms with Crippen LogP contribution in [0.1, 0.15) is 32.8 Å². The van der Waals surface area contributed by atoms with Gasteiger partial charge in [-0.25, -0.2) is 4.98 Å². The molecule has 208 valence electrons. The highest BCUT2D eigenvalue weighted by Gasteiger charge is 2.32. The molecule has 0 fully saturated rings. The number of hydrogen-bond donors (Lipinski definition) is 1. The zero-order valence-corrected chi connectivity index (χ0v) is 22.6. The van der Waals surface area contributed by atoms with Gasteiger partial charge < -0.3 is 24.8 Å². The zero-order chi connectivity index (χ0) is 28.2. The van der Waals surface area contributed by atoms with Crippen molar-refractivity contribution in [3.63, 3.8) is 0 Å². The lowest BCUT2D eigenvalue weighted by molar-refractivity contribution is -0.138. The van der Waals surface area contributed by atoms with Gasteiger partial charge in [0.1, 0.15) is 11.3 Å². The van der Waals surface area contributed by atoms with E-state index in [1.165, 1.54) is 18.2 Å². The number of fused-ring (bicyclic) bond motifs is 1. The number of carbonyl (C=O) groups is 1. The van der Waals surface area contributed by atoms with Gasteiger partial charge in [0.15, 0.2) is 11.5 Å². The van der Waals surface area contributed by atoms with Crippen molar-refractivity contribution in [2.45, 2.75) is 25.8 Å². The number of carbonyl (C=O) groups excluding carboxylic acids is 1. The minimum absolute atomic E-state index is 0.00809. The zero-order valence-electron chi connectivity index (χ0n) is 21.7. The van der Waals surface area contributed by atoms with E-state index in [1.807, 2.05) is 20.2 Å². The van der Waals surface area contributed by atoms with Crippen molar-refractivity contribution in [3.8, 4) is 16.5 Å². The van der Waals surface area contributed by atoms with Gasteiger partial charge in [-0.2, -0.15) is 13.2 Å². The maximum absolute atomic E-state index is 13.3.